The van der Waals surface area contributed by atoms with Crippen molar-refractivity contribution >= 4 is 26.7 Å². The van der Waals surface area contributed by atoms with Crippen molar-refractivity contribution in [3.8, 4) is 5.75 Å². The van der Waals surface area contributed by atoms with Crippen molar-refractivity contribution in [2.24, 2.45) is 5.92 Å². The van der Waals surface area contributed by atoms with Crippen molar-refractivity contribution in [1.29, 1.82) is 0 Å². The summed E-state index contributed by atoms with van der Waals surface area (Å²) in [4.78, 5) is 5.81. The van der Waals surface area contributed by atoms with Gasteiger partial charge in [-0.1, -0.05) is 18.2 Å². The number of anilines is 1. The van der Waals surface area contributed by atoms with Gasteiger partial charge in [0.2, 0.25) is 5.13 Å². The van der Waals surface area contributed by atoms with E-state index in [1.807, 2.05) is 4.90 Å². The van der Waals surface area contributed by atoms with Crippen LogP contribution in [0.25, 0.3) is 0 Å². The van der Waals surface area contributed by atoms with E-state index >= 15 is 0 Å². The lowest BCUT2D eigenvalue weighted by Crippen LogP contribution is -2.44. The van der Waals surface area contributed by atoms with E-state index < -0.39 is 34.0 Å². The number of likely N-dealkylation sites (tertiary alicyclic amines) is 1. The molecule has 0 unspecified atom stereocenters. The maximum absolute atomic E-state index is 13.6. The molecule has 0 radical (unpaired) electrons. The van der Waals surface area contributed by atoms with Crippen LogP contribution in [0.3, 0.4) is 0 Å². The van der Waals surface area contributed by atoms with Crippen molar-refractivity contribution in [3.63, 3.8) is 0 Å². The first-order chi connectivity index (χ1) is 17.1. The third-order valence-corrected chi connectivity index (χ3v) is 8.69. The molecule has 7 nitrogen and oxygen atoms in total. The second-order valence-corrected chi connectivity index (χ2v) is 11.2. The number of aromatic nitrogens is 2. The maximum Gasteiger partial charge on any atom is 0.391 e. The first kappa shape index (κ1) is 24.9. The highest BCUT2D eigenvalue weighted by Gasteiger charge is 2.46. The number of benzene rings is 2. The van der Waals surface area contributed by atoms with E-state index in [1.54, 1.807) is 6.07 Å². The Morgan fingerprint density at radius 3 is 2.56 bits per heavy atom. The zero-order valence-electron chi connectivity index (χ0n) is 18.8. The molecule has 1 fully saturated rings. The predicted octanol–water partition coefficient (Wildman–Crippen LogP) is 5.32. The van der Waals surface area contributed by atoms with Crippen molar-refractivity contribution in [2.75, 3.05) is 17.9 Å². The van der Waals surface area contributed by atoms with E-state index in [1.165, 1.54) is 42.7 Å². The first-order valence-electron chi connectivity index (χ1n) is 11.3. The minimum absolute atomic E-state index is 0.0250. The van der Waals surface area contributed by atoms with E-state index in [-0.39, 0.29) is 42.1 Å². The normalized spacial score (nSPS) is 23.1. The van der Waals surface area contributed by atoms with Gasteiger partial charge in [-0.2, -0.15) is 17.5 Å². The van der Waals surface area contributed by atoms with Crippen LogP contribution in [-0.2, 0) is 10.0 Å². The number of ether oxygens (including phenoxy) is 1. The summed E-state index contributed by atoms with van der Waals surface area (Å²) in [6.45, 7) is 0.468. The molecule has 0 bridgehead atoms. The number of rotatable bonds is 5. The van der Waals surface area contributed by atoms with E-state index in [2.05, 4.69) is 14.1 Å². The van der Waals surface area contributed by atoms with Crippen molar-refractivity contribution in [1.82, 2.24) is 14.3 Å². The Morgan fingerprint density at radius 1 is 1.08 bits per heavy atom. The molecule has 192 valence electrons. The average Bonchev–Trinajstić information content (AvgIpc) is 3.35. The fourth-order valence-corrected chi connectivity index (χ4v) is 6.60. The van der Waals surface area contributed by atoms with Crippen LogP contribution in [0.5, 0.6) is 5.75 Å². The summed E-state index contributed by atoms with van der Waals surface area (Å²) in [7, 11) is -3.94. The largest absolute Gasteiger partial charge is 0.493 e. The van der Waals surface area contributed by atoms with Gasteiger partial charge in [-0.25, -0.2) is 17.8 Å². The van der Waals surface area contributed by atoms with Crippen LogP contribution in [0.1, 0.15) is 42.5 Å². The number of halogens is 4. The van der Waals surface area contributed by atoms with Gasteiger partial charge in [0.25, 0.3) is 10.0 Å². The summed E-state index contributed by atoms with van der Waals surface area (Å²) in [5.41, 5.74) is 1.31. The molecule has 0 amide bonds. The molecule has 1 N–H and O–H groups in total. The zero-order valence-corrected chi connectivity index (χ0v) is 20.4. The molecule has 36 heavy (non-hydrogen) atoms. The monoisotopic (exact) mass is 542 g/mol. The minimum Gasteiger partial charge on any atom is -0.493 e. The standard InChI is InChI=1S/C23H22F4N4O3S2/c24-16-3-1-14(2-4-16)20-11-15(23(25,26)27)7-9-31(20)19-8-10-34-21-12-17(5-6-18(19)21)36(32,33)30-22-28-13-29-35-22/h1-6,12-13,15,19-20H,7-11H2,(H,28,29,30)/t15-,19+,20-/m1/s1. The number of fused-ring (bicyclic) bond motifs is 1. The number of sulfonamides is 1. The SMILES string of the molecule is O=S(=O)(Nc1ncns1)c1ccc2c(c1)OCC[C@@H]2N1CC[C@@H](C(F)(F)F)C[C@@H]1c1ccc(F)cc1. The summed E-state index contributed by atoms with van der Waals surface area (Å²) >= 11 is 0.900. The molecule has 2 aliphatic rings. The van der Waals surface area contributed by atoms with Crippen LogP contribution in [0.4, 0.5) is 22.7 Å². The van der Waals surface area contributed by atoms with Gasteiger partial charge in [-0.3, -0.25) is 9.62 Å². The second-order valence-electron chi connectivity index (χ2n) is 8.77. The summed E-state index contributed by atoms with van der Waals surface area (Å²) in [5, 5.41) is 0.126. The van der Waals surface area contributed by atoms with Gasteiger partial charge in [0.05, 0.1) is 17.4 Å². The topological polar surface area (TPSA) is 84.4 Å². The predicted molar refractivity (Wildman–Crippen MR) is 125 cm³/mol. The Kier molecular flexibility index (Phi) is 6.64. The van der Waals surface area contributed by atoms with Crippen LogP contribution in [0, 0.1) is 11.7 Å². The van der Waals surface area contributed by atoms with E-state index in [4.69, 9.17) is 4.74 Å². The molecule has 1 aromatic heterocycles. The molecule has 2 aliphatic heterocycles. The minimum atomic E-state index is -4.32. The third kappa shape index (κ3) is 5.04. The lowest BCUT2D eigenvalue weighted by Gasteiger charge is -2.46. The zero-order chi connectivity index (χ0) is 25.5. The van der Waals surface area contributed by atoms with Crippen LogP contribution in [0.15, 0.2) is 53.7 Å². The van der Waals surface area contributed by atoms with E-state index in [0.29, 0.717) is 23.3 Å². The first-order valence-corrected chi connectivity index (χ1v) is 13.5. The fraction of sp³-hybridized carbons (Fsp3) is 0.391. The summed E-state index contributed by atoms with van der Waals surface area (Å²) in [5.74, 6) is -1.55. The van der Waals surface area contributed by atoms with Crippen LogP contribution >= 0.6 is 11.5 Å². The quantitative estimate of drug-likeness (QED) is 0.440. The second kappa shape index (κ2) is 9.60. The average molecular weight is 543 g/mol. The van der Waals surface area contributed by atoms with Crippen molar-refractivity contribution in [2.45, 2.75) is 42.4 Å². The van der Waals surface area contributed by atoms with Gasteiger partial charge in [0.15, 0.2) is 0 Å². The molecule has 3 aromatic rings. The van der Waals surface area contributed by atoms with Crippen molar-refractivity contribution < 1.29 is 30.7 Å². The summed E-state index contributed by atoms with van der Waals surface area (Å²) < 4.78 is 91.9. The van der Waals surface area contributed by atoms with Crippen LogP contribution < -0.4 is 9.46 Å². The summed E-state index contributed by atoms with van der Waals surface area (Å²) in [6, 6.07) is 9.21. The molecular weight excluding hydrogens is 520 g/mol. The maximum atomic E-state index is 13.6. The van der Waals surface area contributed by atoms with Crippen LogP contribution in [-0.4, -0.2) is 42.0 Å². The number of alkyl halides is 3. The molecule has 1 saturated heterocycles. The van der Waals surface area contributed by atoms with Gasteiger partial charge >= 0.3 is 6.18 Å². The van der Waals surface area contributed by atoms with E-state index in [0.717, 1.165) is 11.5 Å². The number of nitrogens with one attached hydrogen (secondary N) is 1. The molecule has 3 heterocycles. The van der Waals surface area contributed by atoms with E-state index in [9.17, 15) is 26.0 Å². The molecule has 0 spiro atoms. The lowest BCUT2D eigenvalue weighted by molar-refractivity contribution is -0.192. The van der Waals surface area contributed by atoms with Gasteiger partial charge in [-0.15, -0.1) is 0 Å². The Bertz CT molecular complexity index is 1320. The lowest BCUT2D eigenvalue weighted by atomic mass is 9.84. The van der Waals surface area contributed by atoms with Gasteiger partial charge < -0.3 is 4.74 Å². The van der Waals surface area contributed by atoms with Crippen LogP contribution in [0.2, 0.25) is 0 Å². The molecule has 3 atom stereocenters. The van der Waals surface area contributed by atoms with Crippen molar-refractivity contribution in [3.05, 3.63) is 65.7 Å². The molecule has 0 aliphatic carbocycles. The highest BCUT2D eigenvalue weighted by atomic mass is 32.2. The third-order valence-electron chi connectivity index (χ3n) is 6.65. The molecular formula is C23H22F4N4O3S2. The number of piperidine rings is 1. The van der Waals surface area contributed by atoms with Gasteiger partial charge in [0.1, 0.15) is 17.9 Å². The number of hydrogen-bond acceptors (Lipinski definition) is 7. The highest BCUT2D eigenvalue weighted by molar-refractivity contribution is 7.93. The molecule has 13 heteroatoms. The molecule has 5 rings (SSSR count). The Labute approximate surface area is 209 Å². The highest BCUT2D eigenvalue weighted by Crippen LogP contribution is 2.48. The Morgan fingerprint density at radius 2 is 1.86 bits per heavy atom. The smallest absolute Gasteiger partial charge is 0.391 e. The van der Waals surface area contributed by atoms with Gasteiger partial charge in [0, 0.05) is 41.7 Å². The molecule has 2 aromatic carbocycles. The summed E-state index contributed by atoms with van der Waals surface area (Å²) in [6.07, 6.45) is -2.74. The fourth-order valence-electron chi connectivity index (χ4n) is 4.92. The molecule has 0 saturated carbocycles. The number of nitrogens with zero attached hydrogens (tertiary/aromatic N) is 3. The Balaban J connectivity index is 1.46. The van der Waals surface area contributed by atoms with Gasteiger partial charge in [-0.05, 0) is 43.1 Å². The Hall–Kier alpha value is -2.77. The number of hydrogen-bond donors (Lipinski definition) is 1.